The van der Waals surface area contributed by atoms with Crippen LogP contribution in [0.25, 0.3) is 11.1 Å². The third-order valence-electron chi connectivity index (χ3n) is 5.35. The Morgan fingerprint density at radius 3 is 0.694 bits per heavy atom. The summed E-state index contributed by atoms with van der Waals surface area (Å²) < 4.78 is 22.1. The van der Waals surface area contributed by atoms with Gasteiger partial charge in [0.2, 0.25) is 0 Å². The van der Waals surface area contributed by atoms with E-state index in [1.54, 1.807) is 0 Å². The molecule has 0 unspecified atom stereocenters. The van der Waals surface area contributed by atoms with Gasteiger partial charge in [0.15, 0.2) is 0 Å². The van der Waals surface area contributed by atoms with Crippen LogP contribution in [0.4, 0.5) is 0 Å². The third-order valence-corrected chi connectivity index (χ3v) is 6.49. The van der Waals surface area contributed by atoms with Crippen LogP contribution in [-0.4, -0.2) is 84.9 Å². The average Bonchev–Trinajstić information content (AvgIpc) is 3.73. The molecule has 0 N–H and O–H groups in total. The van der Waals surface area contributed by atoms with Crippen molar-refractivity contribution in [3.8, 4) is 11.1 Å². The molecule has 0 aromatic heterocycles. The zero-order valence-electron chi connectivity index (χ0n) is 22.4. The Morgan fingerprint density at radius 1 is 0.361 bits per heavy atom. The molecule has 0 saturated carbocycles. The molecule has 0 atom stereocenters. The number of rotatable bonds is 1. The molecule has 0 spiro atoms. The van der Waals surface area contributed by atoms with Gasteiger partial charge in [-0.15, -0.1) is 0 Å². The van der Waals surface area contributed by atoms with Gasteiger partial charge in [0.05, 0.1) is 0 Å². The van der Waals surface area contributed by atoms with E-state index >= 15 is 0 Å². The molecule has 4 aliphatic heterocycles. The Kier molecular flexibility index (Phi) is 26.1. The van der Waals surface area contributed by atoms with E-state index in [0.29, 0.717) is 0 Å². The summed E-state index contributed by atoms with van der Waals surface area (Å²) >= 11 is 5.97. The quantitative estimate of drug-likeness (QED) is 0.355. The van der Waals surface area contributed by atoms with E-state index in [0.717, 1.165) is 52.9 Å². The van der Waals surface area contributed by atoms with E-state index in [1.165, 1.54) is 71.4 Å². The van der Waals surface area contributed by atoms with Gasteiger partial charge in [-0.3, -0.25) is 0 Å². The molecule has 4 saturated heterocycles. The SMILES string of the molecule is C1CCOC1.C1CCOC1.C1CCOC1.C1CCOC1.[Li+].[Li+].[Se-]c1ccc(-c2ccc([Se-])cc2)cc1. The fraction of sp³-hybridized carbons (Fsp3) is 0.571. The average molecular weight is 612 g/mol. The second-order valence-electron chi connectivity index (χ2n) is 8.33. The molecule has 190 valence electrons. The van der Waals surface area contributed by atoms with Crippen LogP contribution in [-0.2, 0) is 18.9 Å². The first kappa shape index (κ1) is 36.5. The van der Waals surface area contributed by atoms with E-state index in [4.69, 9.17) is 18.9 Å². The first-order chi connectivity index (χ1) is 16.8. The summed E-state index contributed by atoms with van der Waals surface area (Å²) in [5.41, 5.74) is 2.51. The summed E-state index contributed by atoms with van der Waals surface area (Å²) in [5.74, 6) is 0. The number of hydrogen-bond donors (Lipinski definition) is 0. The van der Waals surface area contributed by atoms with Crippen molar-refractivity contribution in [1.82, 2.24) is 0 Å². The Bertz CT molecular complexity index is 603. The van der Waals surface area contributed by atoms with Crippen LogP contribution in [0, 0.1) is 0 Å². The Labute approximate surface area is 259 Å². The minimum atomic E-state index is 0. The fourth-order valence-corrected chi connectivity index (χ4v) is 3.91. The number of benzene rings is 2. The van der Waals surface area contributed by atoms with Crippen LogP contribution in [0.5, 0.6) is 0 Å². The van der Waals surface area contributed by atoms with Gasteiger partial charge in [-0.1, -0.05) is 0 Å². The molecular formula is C28H40Li2O4Se2. The van der Waals surface area contributed by atoms with Crippen molar-refractivity contribution in [3.05, 3.63) is 48.5 Å². The fourth-order valence-electron chi connectivity index (χ4n) is 3.34. The van der Waals surface area contributed by atoms with E-state index in [2.05, 4.69) is 80.6 Å². The Morgan fingerprint density at radius 2 is 0.556 bits per heavy atom. The van der Waals surface area contributed by atoms with Gasteiger partial charge in [0.25, 0.3) is 0 Å². The molecule has 2 aromatic carbocycles. The third kappa shape index (κ3) is 19.6. The van der Waals surface area contributed by atoms with Crippen LogP contribution in [0.2, 0.25) is 0 Å². The van der Waals surface area contributed by atoms with Crippen LogP contribution in [0.1, 0.15) is 51.4 Å². The van der Waals surface area contributed by atoms with E-state index in [9.17, 15) is 0 Å². The summed E-state index contributed by atoms with van der Waals surface area (Å²) in [6.45, 7) is 8.00. The van der Waals surface area contributed by atoms with Crippen molar-refractivity contribution in [2.24, 2.45) is 0 Å². The molecule has 6 rings (SSSR count). The second-order valence-corrected chi connectivity index (χ2v) is 10.3. The van der Waals surface area contributed by atoms with E-state index < -0.39 is 0 Å². The maximum atomic E-state index is 4.94. The topological polar surface area (TPSA) is 36.9 Å². The monoisotopic (exact) mass is 614 g/mol. The zero-order chi connectivity index (χ0) is 24.1. The normalized spacial score (nSPS) is 17.2. The second kappa shape index (κ2) is 25.8. The predicted molar refractivity (Wildman–Crippen MR) is 143 cm³/mol. The zero-order valence-corrected chi connectivity index (χ0v) is 25.8. The van der Waals surface area contributed by atoms with Gasteiger partial charge in [-0.2, -0.15) is 0 Å². The molecule has 4 nitrogen and oxygen atoms in total. The first-order valence-electron chi connectivity index (χ1n) is 12.6. The van der Waals surface area contributed by atoms with Crippen molar-refractivity contribution in [2.45, 2.75) is 51.4 Å². The Hall–Kier alpha value is 0.514. The Balaban J connectivity index is 0.000000464. The van der Waals surface area contributed by atoms with Gasteiger partial charge in [-0.05, 0) is 51.4 Å². The van der Waals surface area contributed by atoms with Crippen molar-refractivity contribution in [1.29, 1.82) is 0 Å². The van der Waals surface area contributed by atoms with E-state index in [-0.39, 0.29) is 37.7 Å². The van der Waals surface area contributed by atoms with Gasteiger partial charge in [-0.25, -0.2) is 0 Å². The number of hydrogen-bond acceptors (Lipinski definition) is 4. The van der Waals surface area contributed by atoms with Crippen LogP contribution >= 0.6 is 0 Å². The van der Waals surface area contributed by atoms with Gasteiger partial charge in [0.1, 0.15) is 0 Å². The van der Waals surface area contributed by atoms with Gasteiger partial charge < -0.3 is 18.9 Å². The molecular weight excluding hydrogens is 572 g/mol. The summed E-state index contributed by atoms with van der Waals surface area (Å²) in [7, 11) is 0. The van der Waals surface area contributed by atoms with Crippen molar-refractivity contribution < 1.29 is 56.7 Å². The molecule has 0 amide bonds. The molecule has 2 aromatic rings. The maximum absolute atomic E-state index is 4.94. The van der Waals surface area contributed by atoms with Crippen molar-refractivity contribution in [2.75, 3.05) is 52.9 Å². The molecule has 4 aliphatic rings. The summed E-state index contributed by atoms with van der Waals surface area (Å²) in [6.07, 6.45) is 10.2. The molecule has 0 aliphatic carbocycles. The van der Waals surface area contributed by atoms with Crippen LogP contribution in [0.3, 0.4) is 0 Å². The predicted octanol–water partition coefficient (Wildman–Crippen LogP) is -1.86. The molecule has 4 heterocycles. The minimum absolute atomic E-state index is 0. The molecule has 36 heavy (non-hydrogen) atoms. The van der Waals surface area contributed by atoms with Crippen molar-refractivity contribution >= 4 is 40.9 Å². The number of ether oxygens (including phenoxy) is 4. The summed E-state index contributed by atoms with van der Waals surface area (Å²) in [5, 5.41) is 0. The van der Waals surface area contributed by atoms with Gasteiger partial charge >= 0.3 is 138 Å². The van der Waals surface area contributed by atoms with Crippen LogP contribution in [0.15, 0.2) is 48.5 Å². The van der Waals surface area contributed by atoms with Crippen LogP contribution < -0.4 is 46.6 Å². The molecule has 0 radical (unpaired) electrons. The summed E-state index contributed by atoms with van der Waals surface area (Å²) in [4.78, 5) is 0. The molecule has 8 heteroatoms. The van der Waals surface area contributed by atoms with Gasteiger partial charge in [0, 0.05) is 52.9 Å². The molecule has 0 bridgehead atoms. The van der Waals surface area contributed by atoms with Crippen molar-refractivity contribution in [3.63, 3.8) is 0 Å². The first-order valence-corrected chi connectivity index (χ1v) is 14.3. The van der Waals surface area contributed by atoms with E-state index in [1.807, 2.05) is 0 Å². The molecule has 4 fully saturated rings. The summed E-state index contributed by atoms with van der Waals surface area (Å²) in [6, 6.07) is 16.8. The standard InChI is InChI=1S/C12H10Se2.4C4H8O.2Li/c13-11-5-1-9(2-6-11)10-3-7-12(14)8-4-10;4*1-2-4-5-3-1;;/h1-8,13-14H;4*1-4H2;;/q;;;;;2*+1/p-2.